The van der Waals surface area contributed by atoms with Crippen LogP contribution in [0.1, 0.15) is 86.3 Å². The number of ether oxygens (including phenoxy) is 2. The SMILES string of the molecule is Cc1cc(C(C)Nc2ccccc2C(=O)OC(C)(C)C)c2oc(-c3ccc4cnn(C5CCCCO5)c4c3)c(C)c(=O)c2c1. The minimum absolute atomic E-state index is 0.0724. The second-order valence-corrected chi connectivity index (χ2v) is 12.7. The maximum Gasteiger partial charge on any atom is 0.340 e. The molecule has 8 nitrogen and oxygen atoms in total. The molecular weight excluding hydrogens is 554 g/mol. The van der Waals surface area contributed by atoms with Crippen LogP contribution in [0.15, 0.2) is 70.0 Å². The van der Waals surface area contributed by atoms with Gasteiger partial charge in [0.05, 0.1) is 28.7 Å². The number of carbonyl (C=O) groups excluding carboxylic acids is 1. The fourth-order valence-corrected chi connectivity index (χ4v) is 5.92. The van der Waals surface area contributed by atoms with E-state index in [0.717, 1.165) is 53.5 Å². The number of esters is 1. The first kappa shape index (κ1) is 29.6. The molecule has 0 radical (unpaired) electrons. The van der Waals surface area contributed by atoms with Gasteiger partial charge in [0.2, 0.25) is 0 Å². The van der Waals surface area contributed by atoms with Crippen molar-refractivity contribution in [2.24, 2.45) is 0 Å². The number of nitrogens with zero attached hydrogens (tertiary/aromatic N) is 2. The van der Waals surface area contributed by atoms with Crippen molar-refractivity contribution in [3.63, 3.8) is 0 Å². The van der Waals surface area contributed by atoms with E-state index in [1.165, 1.54) is 0 Å². The van der Waals surface area contributed by atoms with E-state index < -0.39 is 11.6 Å². The van der Waals surface area contributed by atoms with Gasteiger partial charge in [-0.1, -0.05) is 30.3 Å². The van der Waals surface area contributed by atoms with Crippen molar-refractivity contribution in [1.29, 1.82) is 0 Å². The Labute approximate surface area is 257 Å². The molecule has 8 heteroatoms. The summed E-state index contributed by atoms with van der Waals surface area (Å²) in [6.45, 7) is 12.0. The van der Waals surface area contributed by atoms with Crippen LogP contribution in [0.5, 0.6) is 0 Å². The zero-order valence-electron chi connectivity index (χ0n) is 26.2. The van der Waals surface area contributed by atoms with Crippen LogP contribution >= 0.6 is 0 Å². The average molecular weight is 594 g/mol. The van der Waals surface area contributed by atoms with Crippen LogP contribution in [0, 0.1) is 13.8 Å². The fraction of sp³-hybridized carbons (Fsp3) is 0.361. The molecule has 44 heavy (non-hydrogen) atoms. The van der Waals surface area contributed by atoms with Crippen LogP contribution in [-0.2, 0) is 9.47 Å². The van der Waals surface area contributed by atoms with E-state index in [9.17, 15) is 9.59 Å². The van der Waals surface area contributed by atoms with Crippen molar-refractivity contribution in [3.05, 3.63) is 93.3 Å². The number of aryl methyl sites for hydroxylation is 1. The number of nitrogens with one attached hydrogen (secondary N) is 1. The fourth-order valence-electron chi connectivity index (χ4n) is 5.92. The Kier molecular flexibility index (Phi) is 7.80. The maximum atomic E-state index is 13.8. The number of hydrogen-bond acceptors (Lipinski definition) is 7. The lowest BCUT2D eigenvalue weighted by Crippen LogP contribution is -2.24. The molecule has 2 aromatic heterocycles. The smallest absolute Gasteiger partial charge is 0.340 e. The molecule has 1 aliphatic rings. The average Bonchev–Trinajstić information content (AvgIpc) is 3.42. The maximum absolute atomic E-state index is 13.8. The van der Waals surface area contributed by atoms with Crippen LogP contribution in [0.2, 0.25) is 0 Å². The zero-order valence-corrected chi connectivity index (χ0v) is 26.2. The predicted octanol–water partition coefficient (Wildman–Crippen LogP) is 8.25. The molecule has 0 spiro atoms. The highest BCUT2D eigenvalue weighted by molar-refractivity contribution is 5.96. The van der Waals surface area contributed by atoms with Gasteiger partial charge in [-0.2, -0.15) is 5.10 Å². The third-order valence-electron chi connectivity index (χ3n) is 8.07. The first-order chi connectivity index (χ1) is 21.0. The molecule has 1 saturated heterocycles. The lowest BCUT2D eigenvalue weighted by molar-refractivity contribution is -0.0366. The molecule has 6 rings (SSSR count). The van der Waals surface area contributed by atoms with Crippen LogP contribution in [0.25, 0.3) is 33.2 Å². The Bertz CT molecular complexity index is 1920. The monoisotopic (exact) mass is 593 g/mol. The summed E-state index contributed by atoms with van der Waals surface area (Å²) in [5.41, 5.74) is 4.95. The molecule has 1 fully saturated rings. The van der Waals surface area contributed by atoms with Crippen molar-refractivity contribution < 1.29 is 18.7 Å². The van der Waals surface area contributed by atoms with E-state index in [0.29, 0.717) is 33.5 Å². The van der Waals surface area contributed by atoms with Crippen molar-refractivity contribution in [2.75, 3.05) is 11.9 Å². The highest BCUT2D eigenvalue weighted by atomic mass is 16.6. The summed E-state index contributed by atoms with van der Waals surface area (Å²) in [6.07, 6.45) is 4.82. The van der Waals surface area contributed by atoms with Crippen LogP contribution in [0.4, 0.5) is 5.69 Å². The van der Waals surface area contributed by atoms with Gasteiger partial charge in [0.15, 0.2) is 11.7 Å². The molecule has 1 aliphatic heterocycles. The zero-order chi connectivity index (χ0) is 31.2. The third-order valence-corrected chi connectivity index (χ3v) is 8.07. The highest BCUT2D eigenvalue weighted by Gasteiger charge is 2.24. The van der Waals surface area contributed by atoms with E-state index in [-0.39, 0.29) is 17.7 Å². The summed E-state index contributed by atoms with van der Waals surface area (Å²) >= 11 is 0. The largest absolute Gasteiger partial charge is 0.456 e. The highest BCUT2D eigenvalue weighted by Crippen LogP contribution is 2.35. The molecule has 5 aromatic rings. The second kappa shape index (κ2) is 11.6. The number of carbonyl (C=O) groups is 1. The molecule has 1 N–H and O–H groups in total. The topological polar surface area (TPSA) is 95.6 Å². The lowest BCUT2D eigenvalue weighted by Gasteiger charge is -2.23. The van der Waals surface area contributed by atoms with Gasteiger partial charge in [-0.15, -0.1) is 0 Å². The van der Waals surface area contributed by atoms with Crippen molar-refractivity contribution >= 4 is 33.5 Å². The van der Waals surface area contributed by atoms with Crippen LogP contribution in [-0.4, -0.2) is 28.0 Å². The van der Waals surface area contributed by atoms with E-state index in [4.69, 9.17) is 13.9 Å². The van der Waals surface area contributed by atoms with Gasteiger partial charge in [-0.3, -0.25) is 4.79 Å². The number of rotatable bonds is 6. The molecule has 3 aromatic carbocycles. The quantitative estimate of drug-likeness (QED) is 0.198. The number of benzene rings is 3. The number of aromatic nitrogens is 2. The number of hydrogen-bond donors (Lipinski definition) is 1. The summed E-state index contributed by atoms with van der Waals surface area (Å²) in [5.74, 6) is 0.118. The molecule has 3 heterocycles. The summed E-state index contributed by atoms with van der Waals surface area (Å²) in [4.78, 5) is 26.8. The van der Waals surface area contributed by atoms with E-state index >= 15 is 0 Å². The summed E-state index contributed by atoms with van der Waals surface area (Å²) in [5, 5.41) is 9.64. The van der Waals surface area contributed by atoms with Crippen LogP contribution in [0.3, 0.4) is 0 Å². The summed E-state index contributed by atoms with van der Waals surface area (Å²) in [7, 11) is 0. The van der Waals surface area contributed by atoms with Gasteiger partial charge in [-0.25, -0.2) is 9.48 Å². The summed E-state index contributed by atoms with van der Waals surface area (Å²) < 4.78 is 20.3. The first-order valence-corrected chi connectivity index (χ1v) is 15.3. The number of anilines is 1. The Morgan fingerprint density at radius 2 is 1.89 bits per heavy atom. The molecule has 228 valence electrons. The predicted molar refractivity (Wildman–Crippen MR) is 173 cm³/mol. The van der Waals surface area contributed by atoms with Gasteiger partial charge in [0.25, 0.3) is 0 Å². The van der Waals surface area contributed by atoms with E-state index in [2.05, 4.69) is 10.4 Å². The molecular formula is C36H39N3O5. The van der Waals surface area contributed by atoms with E-state index in [1.807, 2.05) is 101 Å². The lowest BCUT2D eigenvalue weighted by atomic mass is 9.98. The van der Waals surface area contributed by atoms with Crippen molar-refractivity contribution in [2.45, 2.75) is 78.7 Å². The van der Waals surface area contributed by atoms with E-state index in [1.54, 1.807) is 6.07 Å². The molecule has 0 saturated carbocycles. The van der Waals surface area contributed by atoms with Gasteiger partial charge >= 0.3 is 5.97 Å². The molecule has 2 atom stereocenters. The Balaban J connectivity index is 1.43. The Hall–Kier alpha value is -4.43. The minimum atomic E-state index is -0.621. The Morgan fingerprint density at radius 1 is 1.09 bits per heavy atom. The first-order valence-electron chi connectivity index (χ1n) is 15.3. The van der Waals surface area contributed by atoms with Gasteiger partial charge < -0.3 is 19.2 Å². The van der Waals surface area contributed by atoms with Gasteiger partial charge in [0.1, 0.15) is 16.9 Å². The van der Waals surface area contributed by atoms with Crippen molar-refractivity contribution in [3.8, 4) is 11.3 Å². The Morgan fingerprint density at radius 3 is 2.64 bits per heavy atom. The summed E-state index contributed by atoms with van der Waals surface area (Å²) in [6, 6.07) is 16.9. The third kappa shape index (κ3) is 5.74. The number of para-hydroxylation sites is 1. The number of fused-ring (bicyclic) bond motifs is 2. The minimum Gasteiger partial charge on any atom is -0.456 e. The van der Waals surface area contributed by atoms with Crippen molar-refractivity contribution in [1.82, 2.24) is 9.78 Å². The van der Waals surface area contributed by atoms with Gasteiger partial charge in [0, 0.05) is 34.4 Å². The molecule has 0 amide bonds. The standard InChI is InChI=1S/C36H39N3O5/c1-21-17-27(23(3)38-29-12-8-7-11-26(29)35(41)44-36(4,5)6)34-28(18-21)32(40)22(2)33(43-34)24-14-15-25-20-37-39(30(25)19-24)31-13-9-10-16-42-31/h7-8,11-12,14-15,17-20,23,31,38H,9-10,13,16H2,1-6H3. The molecule has 0 bridgehead atoms. The van der Waals surface area contributed by atoms with Gasteiger partial charge in [-0.05, 0) is 90.6 Å². The van der Waals surface area contributed by atoms with Crippen LogP contribution < -0.4 is 10.7 Å². The normalized spacial score (nSPS) is 16.3. The second-order valence-electron chi connectivity index (χ2n) is 12.7. The molecule has 2 unspecified atom stereocenters. The molecule has 0 aliphatic carbocycles.